The molecule has 3 nitrogen and oxygen atoms in total. The van der Waals surface area contributed by atoms with Gasteiger partial charge in [-0.25, -0.2) is 0 Å². The molecule has 4 heteroatoms. The molecular formula is C23H27BN2O. The highest BCUT2D eigenvalue weighted by Gasteiger charge is 2.34. The molecule has 1 aliphatic heterocycles. The van der Waals surface area contributed by atoms with Gasteiger partial charge in [-0.2, -0.15) is 0 Å². The fourth-order valence-corrected chi connectivity index (χ4v) is 4.66. The van der Waals surface area contributed by atoms with Crippen molar-refractivity contribution in [1.29, 1.82) is 0 Å². The molecule has 1 atom stereocenters. The third-order valence-electron chi connectivity index (χ3n) is 6.00. The molecule has 0 bridgehead atoms. The number of benzene rings is 1. The standard InChI is InChI=1S/C23H27BN2O/c1-3-7-18-16-19-8-6-13-25-23(19)22(21-10-5-4-9-20(18)21)17-11-14-26(15-12-17)24(2)27/h3-10,13,16-17,22,27H,11-12,14-15H2,1-2H3/b7-3+. The van der Waals surface area contributed by atoms with Gasteiger partial charge in [0.1, 0.15) is 0 Å². The van der Waals surface area contributed by atoms with Crippen LogP contribution in [0.2, 0.25) is 6.82 Å². The van der Waals surface area contributed by atoms with E-state index in [4.69, 9.17) is 4.98 Å². The Balaban J connectivity index is 1.80. The number of piperidine rings is 1. The molecule has 138 valence electrons. The summed E-state index contributed by atoms with van der Waals surface area (Å²) < 4.78 is 0. The Labute approximate surface area is 162 Å². The van der Waals surface area contributed by atoms with Crippen molar-refractivity contribution in [1.82, 2.24) is 9.79 Å². The summed E-state index contributed by atoms with van der Waals surface area (Å²) in [6.07, 6.45) is 10.7. The van der Waals surface area contributed by atoms with E-state index in [-0.39, 0.29) is 7.05 Å². The number of allylic oxidation sites excluding steroid dienone is 3. The van der Waals surface area contributed by atoms with Gasteiger partial charge in [-0.1, -0.05) is 42.5 Å². The Bertz CT molecular complexity index is 866. The van der Waals surface area contributed by atoms with Crippen molar-refractivity contribution in [3.63, 3.8) is 0 Å². The lowest BCUT2D eigenvalue weighted by atomic mass is 9.73. The van der Waals surface area contributed by atoms with Crippen molar-refractivity contribution in [3.8, 4) is 0 Å². The average Bonchev–Trinajstić information content (AvgIpc) is 2.83. The van der Waals surface area contributed by atoms with Gasteiger partial charge < -0.3 is 9.83 Å². The molecule has 0 spiro atoms. The molecule has 1 fully saturated rings. The van der Waals surface area contributed by atoms with Gasteiger partial charge in [-0.05, 0) is 80.0 Å². The number of hydrogen-bond acceptors (Lipinski definition) is 3. The zero-order valence-corrected chi connectivity index (χ0v) is 16.2. The lowest BCUT2D eigenvalue weighted by molar-refractivity contribution is 0.235. The number of pyridine rings is 1. The van der Waals surface area contributed by atoms with Crippen LogP contribution in [-0.2, 0) is 0 Å². The molecule has 2 heterocycles. The molecule has 1 N–H and O–H groups in total. The van der Waals surface area contributed by atoms with Crippen LogP contribution in [0.4, 0.5) is 0 Å². The summed E-state index contributed by atoms with van der Waals surface area (Å²) in [4.78, 5) is 7.02. The van der Waals surface area contributed by atoms with E-state index in [0.29, 0.717) is 11.8 Å². The predicted octanol–water partition coefficient (Wildman–Crippen LogP) is 4.47. The minimum absolute atomic E-state index is 0.299. The van der Waals surface area contributed by atoms with Crippen LogP contribution in [0, 0.1) is 5.92 Å². The highest BCUT2D eigenvalue weighted by Crippen LogP contribution is 2.44. The first-order valence-corrected chi connectivity index (χ1v) is 9.99. The first kappa shape index (κ1) is 18.2. The molecule has 0 saturated carbocycles. The van der Waals surface area contributed by atoms with Crippen LogP contribution in [0.15, 0.2) is 54.7 Å². The summed E-state index contributed by atoms with van der Waals surface area (Å²) >= 11 is 0. The van der Waals surface area contributed by atoms with Crippen LogP contribution in [0.5, 0.6) is 0 Å². The summed E-state index contributed by atoms with van der Waals surface area (Å²) in [6.45, 7) is 5.82. The minimum atomic E-state index is -0.360. The minimum Gasteiger partial charge on any atom is -0.437 e. The summed E-state index contributed by atoms with van der Waals surface area (Å²) in [6, 6.07) is 13.0. The van der Waals surface area contributed by atoms with Crippen LogP contribution in [-0.4, -0.2) is 35.0 Å². The summed E-state index contributed by atoms with van der Waals surface area (Å²) in [7, 11) is -0.360. The Morgan fingerprint density at radius 2 is 1.93 bits per heavy atom. The second kappa shape index (κ2) is 7.83. The molecular weight excluding hydrogens is 331 g/mol. The lowest BCUT2D eigenvalue weighted by Crippen LogP contribution is -2.44. The molecule has 0 amide bonds. The van der Waals surface area contributed by atoms with E-state index in [2.05, 4.69) is 60.3 Å². The first-order valence-electron chi connectivity index (χ1n) is 9.99. The summed E-state index contributed by atoms with van der Waals surface area (Å²) in [5.41, 5.74) is 6.38. The summed E-state index contributed by atoms with van der Waals surface area (Å²) in [5.74, 6) is 0.834. The van der Waals surface area contributed by atoms with Crippen LogP contribution >= 0.6 is 0 Å². The van der Waals surface area contributed by atoms with Crippen molar-refractivity contribution in [2.45, 2.75) is 32.5 Å². The maximum Gasteiger partial charge on any atom is 0.376 e. The largest absolute Gasteiger partial charge is 0.437 e. The van der Waals surface area contributed by atoms with Gasteiger partial charge in [0.25, 0.3) is 0 Å². The Kier molecular flexibility index (Phi) is 5.28. The number of aromatic nitrogens is 1. The highest BCUT2D eigenvalue weighted by molar-refractivity contribution is 6.45. The van der Waals surface area contributed by atoms with Crippen molar-refractivity contribution in [2.24, 2.45) is 5.92 Å². The van der Waals surface area contributed by atoms with E-state index in [1.165, 1.54) is 28.0 Å². The van der Waals surface area contributed by atoms with Crippen molar-refractivity contribution in [3.05, 3.63) is 77.1 Å². The molecule has 1 aromatic heterocycles. The topological polar surface area (TPSA) is 36.4 Å². The third kappa shape index (κ3) is 3.52. The van der Waals surface area contributed by atoms with Gasteiger partial charge in [-0.3, -0.25) is 4.98 Å². The van der Waals surface area contributed by atoms with Crippen molar-refractivity contribution < 1.29 is 5.02 Å². The smallest absolute Gasteiger partial charge is 0.376 e. The Morgan fingerprint density at radius 1 is 1.15 bits per heavy atom. The molecule has 4 rings (SSSR count). The van der Waals surface area contributed by atoms with E-state index < -0.39 is 0 Å². The number of rotatable bonds is 3. The summed E-state index contributed by atoms with van der Waals surface area (Å²) in [5, 5.41) is 9.93. The molecule has 27 heavy (non-hydrogen) atoms. The van der Waals surface area contributed by atoms with Gasteiger partial charge in [0.2, 0.25) is 0 Å². The Morgan fingerprint density at radius 3 is 2.67 bits per heavy atom. The van der Waals surface area contributed by atoms with Gasteiger partial charge in [-0.15, -0.1) is 0 Å². The highest BCUT2D eigenvalue weighted by atomic mass is 16.2. The number of nitrogens with zero attached hydrogens (tertiary/aromatic N) is 2. The fourth-order valence-electron chi connectivity index (χ4n) is 4.66. The molecule has 1 aliphatic carbocycles. The van der Waals surface area contributed by atoms with Crippen LogP contribution in [0.25, 0.3) is 11.6 Å². The van der Waals surface area contributed by atoms with Crippen molar-refractivity contribution in [2.75, 3.05) is 13.1 Å². The molecule has 1 saturated heterocycles. The quantitative estimate of drug-likeness (QED) is 0.823. The average molecular weight is 358 g/mol. The van der Waals surface area contributed by atoms with Crippen LogP contribution < -0.4 is 0 Å². The van der Waals surface area contributed by atoms with E-state index in [9.17, 15) is 5.02 Å². The normalized spacial score (nSPS) is 20.7. The predicted molar refractivity (Wildman–Crippen MR) is 113 cm³/mol. The molecule has 2 aromatic rings. The zero-order valence-electron chi connectivity index (χ0n) is 16.2. The monoisotopic (exact) mass is 358 g/mol. The Hall–Kier alpha value is -2.17. The molecule has 2 aliphatic rings. The fraction of sp³-hybridized carbons (Fsp3) is 0.348. The maximum absolute atomic E-state index is 9.93. The van der Waals surface area contributed by atoms with Gasteiger partial charge in [0.15, 0.2) is 0 Å². The SMILES string of the molecule is C/C=C/C1=Cc2cccnc2C(C2CCN(B(C)O)CC2)c2ccccc21. The van der Waals surface area contributed by atoms with Crippen LogP contribution in [0.3, 0.4) is 0 Å². The maximum atomic E-state index is 9.93. The zero-order chi connectivity index (χ0) is 18.8. The van der Waals surface area contributed by atoms with E-state index in [1.54, 1.807) is 0 Å². The van der Waals surface area contributed by atoms with Crippen LogP contribution in [0.1, 0.15) is 48.1 Å². The second-order valence-electron chi connectivity index (χ2n) is 7.65. The van der Waals surface area contributed by atoms with Crippen molar-refractivity contribution >= 4 is 18.7 Å². The van der Waals surface area contributed by atoms with E-state index >= 15 is 0 Å². The van der Waals surface area contributed by atoms with Gasteiger partial charge >= 0.3 is 7.05 Å². The van der Waals surface area contributed by atoms with E-state index in [1.807, 2.05) is 19.1 Å². The molecule has 1 unspecified atom stereocenters. The third-order valence-corrected chi connectivity index (χ3v) is 6.00. The second-order valence-corrected chi connectivity index (χ2v) is 7.65. The van der Waals surface area contributed by atoms with Gasteiger partial charge in [0, 0.05) is 12.1 Å². The number of fused-ring (bicyclic) bond motifs is 2. The van der Waals surface area contributed by atoms with Gasteiger partial charge in [0.05, 0.1) is 5.69 Å². The molecule has 1 aromatic carbocycles. The number of hydrogen-bond donors (Lipinski definition) is 1. The first-order chi connectivity index (χ1) is 13.2. The molecule has 0 radical (unpaired) electrons. The van der Waals surface area contributed by atoms with E-state index in [0.717, 1.165) is 25.9 Å². The lowest BCUT2D eigenvalue weighted by Gasteiger charge is -2.37.